The van der Waals surface area contributed by atoms with Crippen molar-refractivity contribution in [1.29, 1.82) is 0 Å². The van der Waals surface area contributed by atoms with Gasteiger partial charge in [-0.2, -0.15) is 0 Å². The van der Waals surface area contributed by atoms with Gasteiger partial charge in [-0.25, -0.2) is 4.79 Å². The lowest BCUT2D eigenvalue weighted by atomic mass is 9.76. The number of fused-ring (bicyclic) bond motifs is 3. The molecule has 1 aliphatic carbocycles. The highest BCUT2D eigenvalue weighted by Gasteiger charge is 2.39. The zero-order valence-corrected chi connectivity index (χ0v) is 16.1. The molecule has 28 heavy (non-hydrogen) atoms. The number of carbonyl (C=O) groups excluding carboxylic acids is 1. The quantitative estimate of drug-likeness (QED) is 0.553. The Labute approximate surface area is 165 Å². The van der Waals surface area contributed by atoms with Gasteiger partial charge in [-0.3, -0.25) is 0 Å². The average molecular weight is 375 g/mol. The van der Waals surface area contributed by atoms with Crippen molar-refractivity contribution in [3.05, 3.63) is 84.0 Å². The molecule has 1 heterocycles. The Balaban J connectivity index is 1.70. The van der Waals surface area contributed by atoms with Crippen molar-refractivity contribution in [2.75, 3.05) is 18.5 Å². The maximum absolute atomic E-state index is 12.2. The summed E-state index contributed by atoms with van der Waals surface area (Å²) < 4.78 is 11.1. The fraction of sp³-hybridized carbons (Fsp3) is 0.292. The minimum atomic E-state index is -0.269. The Morgan fingerprint density at radius 2 is 2.11 bits per heavy atom. The van der Waals surface area contributed by atoms with E-state index < -0.39 is 0 Å². The first-order valence-corrected chi connectivity index (χ1v) is 9.79. The molecule has 3 atom stereocenters. The van der Waals surface area contributed by atoms with Gasteiger partial charge in [-0.1, -0.05) is 43.0 Å². The molecule has 0 saturated carbocycles. The number of rotatable bonds is 6. The molecule has 1 N–H and O–H groups in total. The van der Waals surface area contributed by atoms with Crippen LogP contribution in [0.25, 0.3) is 0 Å². The minimum absolute atomic E-state index is 0.141. The van der Waals surface area contributed by atoms with Crippen LogP contribution in [0, 0.1) is 5.92 Å². The van der Waals surface area contributed by atoms with Crippen LogP contribution in [-0.2, 0) is 4.74 Å². The van der Waals surface area contributed by atoms with Crippen molar-refractivity contribution in [2.24, 2.45) is 5.92 Å². The van der Waals surface area contributed by atoms with Crippen molar-refractivity contribution >= 4 is 11.7 Å². The molecule has 2 aliphatic rings. The van der Waals surface area contributed by atoms with Crippen LogP contribution in [0.15, 0.2) is 67.3 Å². The molecule has 4 rings (SSSR count). The molecule has 0 unspecified atom stereocenters. The average Bonchev–Trinajstić information content (AvgIpc) is 3.22. The van der Waals surface area contributed by atoms with Crippen LogP contribution in [0.4, 0.5) is 5.69 Å². The van der Waals surface area contributed by atoms with E-state index in [0.29, 0.717) is 24.7 Å². The van der Waals surface area contributed by atoms with Crippen LogP contribution in [0.2, 0.25) is 0 Å². The van der Waals surface area contributed by atoms with Gasteiger partial charge in [0.1, 0.15) is 12.4 Å². The first kappa shape index (κ1) is 18.4. The summed E-state index contributed by atoms with van der Waals surface area (Å²) in [5.74, 6) is 1.26. The first-order valence-electron chi connectivity index (χ1n) is 9.79. The Kier molecular flexibility index (Phi) is 5.20. The fourth-order valence-electron chi connectivity index (χ4n) is 4.26. The lowest BCUT2D eigenvalue weighted by Gasteiger charge is -2.38. The Bertz CT molecular complexity index is 918. The molecule has 1 aliphatic heterocycles. The first-order chi connectivity index (χ1) is 13.7. The predicted molar refractivity (Wildman–Crippen MR) is 111 cm³/mol. The van der Waals surface area contributed by atoms with E-state index in [4.69, 9.17) is 9.47 Å². The summed E-state index contributed by atoms with van der Waals surface area (Å²) in [6, 6.07) is 14.1. The third kappa shape index (κ3) is 3.31. The number of nitrogens with one attached hydrogen (secondary N) is 1. The van der Waals surface area contributed by atoms with Crippen LogP contribution in [0.5, 0.6) is 5.75 Å². The highest BCUT2D eigenvalue weighted by Crippen LogP contribution is 2.51. The molecule has 0 saturated heterocycles. The molecule has 2 aromatic rings. The molecule has 4 nitrogen and oxygen atoms in total. The standard InChI is InChI=1S/C24H25NO3/c1-3-14-28-22-11-6-5-8-19(22)23-18-10-7-9-17(18)20-15-16(24(26)27-4-2)12-13-21(20)25-23/h3,5-9,11-13,15,17-18,23,25H,1,4,10,14H2,2H3/t17-,18+,23-/m1/s1. The normalized spacial score (nSPS) is 22.0. The predicted octanol–water partition coefficient (Wildman–Crippen LogP) is 5.25. The van der Waals surface area contributed by atoms with Gasteiger partial charge in [0, 0.05) is 17.2 Å². The SMILES string of the molecule is C=CCOc1ccccc1[C@@H]1Nc2ccc(C(=O)OCC)cc2[C@@H]2C=CC[C@@H]21. The van der Waals surface area contributed by atoms with E-state index in [0.717, 1.165) is 29.0 Å². The molecule has 0 bridgehead atoms. The number of carbonyl (C=O) groups is 1. The lowest BCUT2D eigenvalue weighted by Crippen LogP contribution is -2.29. The van der Waals surface area contributed by atoms with E-state index in [1.807, 2.05) is 37.3 Å². The van der Waals surface area contributed by atoms with Crippen molar-refractivity contribution in [2.45, 2.75) is 25.3 Å². The zero-order valence-electron chi connectivity index (χ0n) is 16.1. The molecular formula is C24H25NO3. The second kappa shape index (κ2) is 7.93. The van der Waals surface area contributed by atoms with Crippen molar-refractivity contribution in [3.63, 3.8) is 0 Å². The summed E-state index contributed by atoms with van der Waals surface area (Å²) in [5, 5.41) is 3.70. The summed E-state index contributed by atoms with van der Waals surface area (Å²) >= 11 is 0. The molecule has 0 amide bonds. The smallest absolute Gasteiger partial charge is 0.338 e. The van der Waals surface area contributed by atoms with Gasteiger partial charge >= 0.3 is 5.97 Å². The van der Waals surface area contributed by atoms with Crippen LogP contribution in [0.1, 0.15) is 46.8 Å². The van der Waals surface area contributed by atoms with E-state index >= 15 is 0 Å². The number of anilines is 1. The minimum Gasteiger partial charge on any atom is -0.489 e. The number of allylic oxidation sites excluding steroid dienone is 2. The molecule has 0 fully saturated rings. The van der Waals surface area contributed by atoms with E-state index in [2.05, 4.69) is 36.2 Å². The molecule has 2 aromatic carbocycles. The van der Waals surface area contributed by atoms with Gasteiger partial charge in [0.15, 0.2) is 0 Å². The van der Waals surface area contributed by atoms with Gasteiger partial charge in [0.25, 0.3) is 0 Å². The van der Waals surface area contributed by atoms with Crippen LogP contribution in [-0.4, -0.2) is 19.2 Å². The second-order valence-electron chi connectivity index (χ2n) is 7.14. The van der Waals surface area contributed by atoms with Gasteiger partial charge in [0.2, 0.25) is 0 Å². The second-order valence-corrected chi connectivity index (χ2v) is 7.14. The highest BCUT2D eigenvalue weighted by atomic mass is 16.5. The van der Waals surface area contributed by atoms with Gasteiger partial charge in [0.05, 0.1) is 18.2 Å². The van der Waals surface area contributed by atoms with Crippen molar-refractivity contribution < 1.29 is 14.3 Å². The number of hydrogen-bond donors (Lipinski definition) is 1. The number of esters is 1. The number of ether oxygens (including phenoxy) is 2. The Morgan fingerprint density at radius 1 is 1.25 bits per heavy atom. The van der Waals surface area contributed by atoms with E-state index in [-0.39, 0.29) is 17.9 Å². The van der Waals surface area contributed by atoms with E-state index in [1.165, 1.54) is 0 Å². The monoisotopic (exact) mass is 375 g/mol. The summed E-state index contributed by atoms with van der Waals surface area (Å²) in [5.41, 5.74) is 3.98. The fourth-order valence-corrected chi connectivity index (χ4v) is 4.26. The zero-order chi connectivity index (χ0) is 19.5. The van der Waals surface area contributed by atoms with E-state index in [9.17, 15) is 4.79 Å². The number of para-hydroxylation sites is 1. The van der Waals surface area contributed by atoms with Gasteiger partial charge in [-0.05, 0) is 49.1 Å². The van der Waals surface area contributed by atoms with Crippen LogP contribution >= 0.6 is 0 Å². The third-order valence-electron chi connectivity index (χ3n) is 5.48. The topological polar surface area (TPSA) is 47.6 Å². The molecular weight excluding hydrogens is 350 g/mol. The number of hydrogen-bond acceptors (Lipinski definition) is 4. The summed E-state index contributed by atoms with van der Waals surface area (Å²) in [4.78, 5) is 12.2. The van der Waals surface area contributed by atoms with Crippen molar-refractivity contribution in [3.8, 4) is 5.75 Å². The highest BCUT2D eigenvalue weighted by molar-refractivity contribution is 5.90. The van der Waals surface area contributed by atoms with Crippen molar-refractivity contribution in [1.82, 2.24) is 0 Å². The summed E-state index contributed by atoms with van der Waals surface area (Å²) in [7, 11) is 0. The Morgan fingerprint density at radius 3 is 2.93 bits per heavy atom. The molecule has 0 radical (unpaired) electrons. The molecule has 4 heteroatoms. The van der Waals surface area contributed by atoms with Gasteiger partial charge < -0.3 is 14.8 Å². The number of benzene rings is 2. The lowest BCUT2D eigenvalue weighted by molar-refractivity contribution is 0.0526. The van der Waals surface area contributed by atoms with Crippen LogP contribution < -0.4 is 10.1 Å². The maximum Gasteiger partial charge on any atom is 0.338 e. The van der Waals surface area contributed by atoms with Gasteiger partial charge in [-0.15, -0.1) is 0 Å². The Hall–Kier alpha value is -3.01. The molecule has 0 aromatic heterocycles. The largest absolute Gasteiger partial charge is 0.489 e. The van der Waals surface area contributed by atoms with E-state index in [1.54, 1.807) is 6.08 Å². The molecule has 144 valence electrons. The van der Waals surface area contributed by atoms with Crippen LogP contribution in [0.3, 0.4) is 0 Å². The summed E-state index contributed by atoms with van der Waals surface area (Å²) in [6.45, 7) is 6.43. The molecule has 0 spiro atoms. The summed E-state index contributed by atoms with van der Waals surface area (Å²) in [6.07, 6.45) is 7.25. The maximum atomic E-state index is 12.2. The third-order valence-corrected chi connectivity index (χ3v) is 5.48.